The van der Waals surface area contributed by atoms with Crippen LogP contribution < -0.4 is 0 Å². The van der Waals surface area contributed by atoms with E-state index in [9.17, 15) is 9.59 Å². The lowest BCUT2D eigenvalue weighted by molar-refractivity contribution is -0.128. The fourth-order valence-electron chi connectivity index (χ4n) is 2.40. The Morgan fingerprint density at radius 2 is 1.95 bits per heavy atom. The highest BCUT2D eigenvalue weighted by Crippen LogP contribution is 2.20. The molecule has 1 aliphatic rings. The molecule has 0 spiro atoms. The molecule has 1 atom stereocenters. The molecule has 1 saturated heterocycles. The first-order valence-electron chi connectivity index (χ1n) is 7.39. The molecule has 4 nitrogen and oxygen atoms in total. The minimum Gasteiger partial charge on any atom is -0.447 e. The second-order valence-electron chi connectivity index (χ2n) is 6.74. The number of nitrogens with zero attached hydrogens (tertiary/aromatic N) is 1. The summed E-state index contributed by atoms with van der Waals surface area (Å²) in [6.07, 6.45) is 0.609. The van der Waals surface area contributed by atoms with Crippen molar-refractivity contribution >= 4 is 20.1 Å². The minimum atomic E-state index is -1.29. The van der Waals surface area contributed by atoms with Crippen molar-refractivity contribution in [2.24, 2.45) is 0 Å². The van der Waals surface area contributed by atoms with Gasteiger partial charge in [0.15, 0.2) is 0 Å². The summed E-state index contributed by atoms with van der Waals surface area (Å²) in [5, 5.41) is 0. The van der Waals surface area contributed by atoms with Crippen LogP contribution in [-0.2, 0) is 16.0 Å². The standard InChI is InChI=1S/C16H23NO3Si/c1-21(2,3)10-9-15(18)17-14(12-20-16(17)19)11-13-7-5-4-6-8-13/h4-8,14H,9-12H2,1-3H3/t14-/m0/s1. The topological polar surface area (TPSA) is 46.6 Å². The fourth-order valence-corrected chi connectivity index (χ4v) is 3.37. The smallest absolute Gasteiger partial charge is 0.416 e. The van der Waals surface area contributed by atoms with Gasteiger partial charge in [0.25, 0.3) is 0 Å². The third kappa shape index (κ3) is 4.42. The van der Waals surface area contributed by atoms with Gasteiger partial charge in [-0.3, -0.25) is 4.79 Å². The van der Waals surface area contributed by atoms with Crippen LogP contribution in [0, 0.1) is 0 Å². The summed E-state index contributed by atoms with van der Waals surface area (Å²) in [6, 6.07) is 10.6. The minimum absolute atomic E-state index is 0.0964. The van der Waals surface area contributed by atoms with Crippen LogP contribution in [0.3, 0.4) is 0 Å². The van der Waals surface area contributed by atoms with E-state index in [4.69, 9.17) is 4.74 Å². The summed E-state index contributed by atoms with van der Waals surface area (Å²) in [6.45, 7) is 6.98. The van der Waals surface area contributed by atoms with Gasteiger partial charge in [-0.25, -0.2) is 9.69 Å². The Labute approximate surface area is 127 Å². The average Bonchev–Trinajstić information content (AvgIpc) is 2.77. The summed E-state index contributed by atoms with van der Waals surface area (Å²) < 4.78 is 5.08. The van der Waals surface area contributed by atoms with Crippen molar-refractivity contribution in [1.29, 1.82) is 0 Å². The van der Waals surface area contributed by atoms with Gasteiger partial charge in [-0.05, 0) is 18.0 Å². The monoisotopic (exact) mass is 305 g/mol. The van der Waals surface area contributed by atoms with Crippen molar-refractivity contribution in [2.75, 3.05) is 6.61 Å². The van der Waals surface area contributed by atoms with Crippen molar-refractivity contribution in [3.8, 4) is 0 Å². The third-order valence-electron chi connectivity index (χ3n) is 3.63. The molecule has 0 bridgehead atoms. The molecule has 0 N–H and O–H groups in total. The lowest BCUT2D eigenvalue weighted by Crippen LogP contribution is -2.40. The first kappa shape index (κ1) is 15.8. The maximum absolute atomic E-state index is 12.4. The number of cyclic esters (lactones) is 1. The predicted molar refractivity (Wildman–Crippen MR) is 84.9 cm³/mol. The van der Waals surface area contributed by atoms with Crippen molar-refractivity contribution in [1.82, 2.24) is 4.90 Å². The Kier molecular flexibility index (Phi) is 4.83. The average molecular weight is 305 g/mol. The van der Waals surface area contributed by atoms with Gasteiger partial charge in [-0.1, -0.05) is 50.0 Å². The van der Waals surface area contributed by atoms with Crippen LogP contribution in [0.25, 0.3) is 0 Å². The van der Waals surface area contributed by atoms with E-state index >= 15 is 0 Å². The van der Waals surface area contributed by atoms with E-state index in [2.05, 4.69) is 19.6 Å². The van der Waals surface area contributed by atoms with Gasteiger partial charge in [-0.2, -0.15) is 0 Å². The van der Waals surface area contributed by atoms with Gasteiger partial charge >= 0.3 is 6.09 Å². The number of benzene rings is 1. The van der Waals surface area contributed by atoms with Crippen LogP contribution in [0.15, 0.2) is 30.3 Å². The SMILES string of the molecule is C[Si](C)(C)CCC(=O)N1C(=O)OC[C@@H]1Cc1ccccc1. The lowest BCUT2D eigenvalue weighted by atomic mass is 10.1. The maximum atomic E-state index is 12.4. The third-order valence-corrected chi connectivity index (χ3v) is 5.38. The number of carbonyl (C=O) groups is 2. The highest BCUT2D eigenvalue weighted by Gasteiger charge is 2.37. The molecule has 0 radical (unpaired) electrons. The number of carbonyl (C=O) groups excluding carboxylic acids is 2. The maximum Gasteiger partial charge on any atom is 0.416 e. The van der Waals surface area contributed by atoms with Crippen LogP contribution in [0.5, 0.6) is 0 Å². The van der Waals surface area contributed by atoms with Crippen LogP contribution in [0.4, 0.5) is 4.79 Å². The molecule has 0 saturated carbocycles. The zero-order valence-electron chi connectivity index (χ0n) is 13.0. The second kappa shape index (κ2) is 6.43. The van der Waals surface area contributed by atoms with Crippen molar-refractivity contribution in [2.45, 2.75) is 44.6 Å². The summed E-state index contributed by atoms with van der Waals surface area (Å²) in [7, 11) is -1.29. The fraction of sp³-hybridized carbons (Fsp3) is 0.500. The van der Waals surface area contributed by atoms with Crippen molar-refractivity contribution in [3.05, 3.63) is 35.9 Å². The van der Waals surface area contributed by atoms with E-state index in [1.54, 1.807) is 0 Å². The Balaban J connectivity index is 2.01. The molecular weight excluding hydrogens is 282 g/mol. The van der Waals surface area contributed by atoms with Crippen LogP contribution in [0.1, 0.15) is 12.0 Å². The molecule has 0 unspecified atom stereocenters. The van der Waals surface area contributed by atoms with Gasteiger partial charge in [-0.15, -0.1) is 0 Å². The van der Waals surface area contributed by atoms with E-state index in [1.807, 2.05) is 30.3 Å². The second-order valence-corrected chi connectivity index (χ2v) is 12.4. The summed E-state index contributed by atoms with van der Waals surface area (Å²) >= 11 is 0. The molecule has 1 aliphatic heterocycles. The summed E-state index contributed by atoms with van der Waals surface area (Å²) in [4.78, 5) is 25.5. The number of ether oxygens (including phenoxy) is 1. The largest absolute Gasteiger partial charge is 0.447 e. The van der Waals surface area contributed by atoms with Crippen LogP contribution in [0.2, 0.25) is 25.7 Å². The van der Waals surface area contributed by atoms with Crippen molar-refractivity contribution in [3.63, 3.8) is 0 Å². The van der Waals surface area contributed by atoms with Crippen molar-refractivity contribution < 1.29 is 14.3 Å². The van der Waals surface area contributed by atoms with Gasteiger partial charge in [0, 0.05) is 14.5 Å². The number of hydrogen-bond acceptors (Lipinski definition) is 3. The highest BCUT2D eigenvalue weighted by molar-refractivity contribution is 6.76. The van der Waals surface area contributed by atoms with Gasteiger partial charge in [0.2, 0.25) is 5.91 Å². The Morgan fingerprint density at radius 3 is 2.57 bits per heavy atom. The summed E-state index contributed by atoms with van der Waals surface area (Å²) in [5.74, 6) is -0.0964. The molecule has 1 heterocycles. The molecule has 5 heteroatoms. The molecule has 21 heavy (non-hydrogen) atoms. The number of imide groups is 1. The molecule has 1 aromatic rings. The van der Waals surface area contributed by atoms with E-state index < -0.39 is 14.2 Å². The van der Waals surface area contributed by atoms with E-state index in [0.29, 0.717) is 19.4 Å². The predicted octanol–water partition coefficient (Wildman–Crippen LogP) is 3.30. The summed E-state index contributed by atoms with van der Waals surface area (Å²) in [5.41, 5.74) is 1.11. The lowest BCUT2D eigenvalue weighted by Gasteiger charge is -2.22. The number of amides is 2. The molecule has 0 aliphatic carbocycles. The van der Waals surface area contributed by atoms with E-state index in [-0.39, 0.29) is 11.9 Å². The van der Waals surface area contributed by atoms with Gasteiger partial charge in [0.1, 0.15) is 6.61 Å². The Hall–Kier alpha value is -1.62. The molecule has 114 valence electrons. The first-order valence-corrected chi connectivity index (χ1v) is 11.1. The molecular formula is C16H23NO3Si. The molecule has 2 rings (SSSR count). The zero-order chi connectivity index (χ0) is 15.5. The molecule has 2 amide bonds. The first-order chi connectivity index (χ1) is 9.87. The molecule has 1 aromatic carbocycles. The quantitative estimate of drug-likeness (QED) is 0.784. The van der Waals surface area contributed by atoms with Gasteiger partial charge in [0.05, 0.1) is 6.04 Å². The highest BCUT2D eigenvalue weighted by atomic mass is 28.3. The Bertz CT molecular complexity index is 510. The molecule has 1 fully saturated rings. The number of hydrogen-bond donors (Lipinski definition) is 0. The van der Waals surface area contributed by atoms with Crippen LogP contribution in [-0.4, -0.2) is 37.6 Å². The molecule has 0 aromatic heterocycles. The normalized spacial score (nSPS) is 18.7. The number of rotatable bonds is 5. The van der Waals surface area contributed by atoms with Crippen LogP contribution >= 0.6 is 0 Å². The van der Waals surface area contributed by atoms with E-state index in [0.717, 1.165) is 11.6 Å². The Morgan fingerprint density at radius 1 is 1.29 bits per heavy atom. The zero-order valence-corrected chi connectivity index (χ0v) is 14.0. The van der Waals surface area contributed by atoms with E-state index in [1.165, 1.54) is 4.90 Å². The van der Waals surface area contributed by atoms with Gasteiger partial charge < -0.3 is 4.74 Å².